The highest BCUT2D eigenvalue weighted by Crippen LogP contribution is 2.08. The summed E-state index contributed by atoms with van der Waals surface area (Å²) in [5.74, 6) is 0.431. The van der Waals surface area contributed by atoms with Gasteiger partial charge in [0.25, 0.3) is 5.56 Å². The van der Waals surface area contributed by atoms with Gasteiger partial charge < -0.3 is 5.32 Å². The summed E-state index contributed by atoms with van der Waals surface area (Å²) >= 11 is 0. The lowest BCUT2D eigenvalue weighted by Gasteiger charge is -2.10. The lowest BCUT2D eigenvalue weighted by atomic mass is 10.2. The molecule has 1 aromatic carbocycles. The minimum absolute atomic E-state index is 0.123. The third-order valence-electron chi connectivity index (χ3n) is 3.60. The number of rotatable bonds is 4. The van der Waals surface area contributed by atoms with E-state index in [-0.39, 0.29) is 24.4 Å². The number of carbonyl (C=O) groups is 1. The maximum absolute atomic E-state index is 12.5. The molecule has 2 aromatic heterocycles. The zero-order chi connectivity index (χ0) is 16.4. The zero-order valence-corrected chi connectivity index (χ0v) is 13.0. The molecular formula is C16H17N5O2. The number of anilines is 1. The Labute approximate surface area is 132 Å². The fraction of sp³-hybridized carbons (Fsp3) is 0.250. The molecule has 0 radical (unpaired) electrons. The number of carbonyl (C=O) groups excluding carboxylic acids is 1. The predicted octanol–water partition coefficient (Wildman–Crippen LogP) is 1.47. The van der Waals surface area contributed by atoms with E-state index in [9.17, 15) is 9.59 Å². The molecule has 7 heteroatoms. The number of para-hydroxylation sites is 1. The quantitative estimate of drug-likeness (QED) is 0.791. The molecule has 0 fully saturated rings. The summed E-state index contributed by atoms with van der Waals surface area (Å²) in [6.45, 7) is 2.06. The molecule has 1 amide bonds. The van der Waals surface area contributed by atoms with Gasteiger partial charge in [-0.25, -0.2) is 4.98 Å². The highest BCUT2D eigenvalue weighted by Gasteiger charge is 2.10. The maximum Gasteiger partial charge on any atom is 0.261 e. The van der Waals surface area contributed by atoms with Crippen LogP contribution >= 0.6 is 0 Å². The van der Waals surface area contributed by atoms with E-state index in [0.29, 0.717) is 22.4 Å². The molecule has 23 heavy (non-hydrogen) atoms. The number of amides is 1. The first-order chi connectivity index (χ1) is 11.0. The van der Waals surface area contributed by atoms with E-state index >= 15 is 0 Å². The molecule has 3 rings (SSSR count). The van der Waals surface area contributed by atoms with Crippen LogP contribution in [0.4, 0.5) is 5.69 Å². The lowest BCUT2D eigenvalue weighted by molar-refractivity contribution is -0.116. The summed E-state index contributed by atoms with van der Waals surface area (Å²) in [6.07, 6.45) is 3.48. The van der Waals surface area contributed by atoms with Crippen molar-refractivity contribution in [3.05, 3.63) is 52.8 Å². The first-order valence-corrected chi connectivity index (χ1v) is 7.29. The number of aryl methyl sites for hydroxylation is 2. The van der Waals surface area contributed by atoms with Crippen molar-refractivity contribution in [3.8, 4) is 0 Å². The summed E-state index contributed by atoms with van der Waals surface area (Å²) < 4.78 is 3.14. The number of nitrogens with one attached hydrogen (secondary N) is 1. The van der Waals surface area contributed by atoms with Crippen LogP contribution in [0.15, 0.2) is 41.5 Å². The molecule has 0 spiro atoms. The fourth-order valence-corrected chi connectivity index (χ4v) is 2.46. The topological polar surface area (TPSA) is 81.8 Å². The first-order valence-electron chi connectivity index (χ1n) is 7.29. The summed E-state index contributed by atoms with van der Waals surface area (Å²) in [4.78, 5) is 28.9. The van der Waals surface area contributed by atoms with E-state index in [1.165, 1.54) is 4.57 Å². The van der Waals surface area contributed by atoms with Gasteiger partial charge >= 0.3 is 0 Å². The van der Waals surface area contributed by atoms with Gasteiger partial charge in [-0.3, -0.25) is 18.8 Å². The Morgan fingerprint density at radius 2 is 2.09 bits per heavy atom. The lowest BCUT2D eigenvalue weighted by Crippen LogP contribution is -2.26. The van der Waals surface area contributed by atoms with Gasteiger partial charge in [-0.05, 0) is 19.1 Å². The SMILES string of the molecule is Cc1nc2ccccc2c(=O)n1CCC(=O)Nc1cnn(C)c1. The van der Waals surface area contributed by atoms with Gasteiger partial charge in [0.1, 0.15) is 5.82 Å². The first kappa shape index (κ1) is 15.0. The van der Waals surface area contributed by atoms with Crippen molar-refractivity contribution in [1.29, 1.82) is 0 Å². The zero-order valence-electron chi connectivity index (χ0n) is 13.0. The Bertz CT molecular complexity index is 926. The molecule has 0 atom stereocenters. The summed E-state index contributed by atoms with van der Waals surface area (Å²) in [7, 11) is 1.78. The Hall–Kier alpha value is -2.96. The summed E-state index contributed by atoms with van der Waals surface area (Å²) in [6, 6.07) is 7.21. The average Bonchev–Trinajstić information content (AvgIpc) is 2.92. The van der Waals surface area contributed by atoms with Crippen molar-refractivity contribution < 1.29 is 4.79 Å². The van der Waals surface area contributed by atoms with E-state index in [1.807, 2.05) is 12.1 Å². The molecule has 0 aliphatic heterocycles. The number of aromatic nitrogens is 4. The highest BCUT2D eigenvalue weighted by atomic mass is 16.2. The molecule has 0 bridgehead atoms. The summed E-state index contributed by atoms with van der Waals surface area (Å²) in [5, 5.41) is 7.30. The van der Waals surface area contributed by atoms with Gasteiger partial charge in [-0.2, -0.15) is 5.10 Å². The van der Waals surface area contributed by atoms with Gasteiger partial charge in [0.05, 0.1) is 22.8 Å². The monoisotopic (exact) mass is 311 g/mol. The normalized spacial score (nSPS) is 10.9. The molecule has 0 saturated carbocycles. The van der Waals surface area contributed by atoms with Crippen LogP contribution in [0.25, 0.3) is 10.9 Å². The molecule has 2 heterocycles. The minimum Gasteiger partial charge on any atom is -0.323 e. The number of nitrogens with zero attached hydrogens (tertiary/aromatic N) is 4. The Kier molecular flexibility index (Phi) is 3.92. The van der Waals surface area contributed by atoms with Gasteiger partial charge in [-0.1, -0.05) is 12.1 Å². The third-order valence-corrected chi connectivity index (χ3v) is 3.60. The molecular weight excluding hydrogens is 294 g/mol. The van der Waals surface area contributed by atoms with Crippen molar-refractivity contribution in [2.24, 2.45) is 7.05 Å². The van der Waals surface area contributed by atoms with Crippen molar-refractivity contribution in [3.63, 3.8) is 0 Å². The fourth-order valence-electron chi connectivity index (χ4n) is 2.46. The predicted molar refractivity (Wildman–Crippen MR) is 87.2 cm³/mol. The van der Waals surface area contributed by atoms with Gasteiger partial charge in [0, 0.05) is 26.2 Å². The number of fused-ring (bicyclic) bond motifs is 1. The molecule has 118 valence electrons. The molecule has 1 N–H and O–H groups in total. The number of benzene rings is 1. The smallest absolute Gasteiger partial charge is 0.261 e. The van der Waals surface area contributed by atoms with Crippen molar-refractivity contribution >= 4 is 22.5 Å². The highest BCUT2D eigenvalue weighted by molar-refractivity contribution is 5.90. The van der Waals surface area contributed by atoms with Crippen LogP contribution in [0, 0.1) is 6.92 Å². The largest absolute Gasteiger partial charge is 0.323 e. The Morgan fingerprint density at radius 1 is 1.30 bits per heavy atom. The van der Waals surface area contributed by atoms with Crippen molar-refractivity contribution in [2.75, 3.05) is 5.32 Å². The average molecular weight is 311 g/mol. The van der Waals surface area contributed by atoms with E-state index in [1.54, 1.807) is 43.2 Å². The number of hydrogen-bond acceptors (Lipinski definition) is 4. The van der Waals surface area contributed by atoms with Crippen LogP contribution in [0.1, 0.15) is 12.2 Å². The van der Waals surface area contributed by atoms with E-state index < -0.39 is 0 Å². The van der Waals surface area contributed by atoms with Crippen LogP contribution in [0.2, 0.25) is 0 Å². The van der Waals surface area contributed by atoms with E-state index in [2.05, 4.69) is 15.4 Å². The van der Waals surface area contributed by atoms with Crippen LogP contribution in [0.3, 0.4) is 0 Å². The third kappa shape index (κ3) is 3.13. The second kappa shape index (κ2) is 6.04. The maximum atomic E-state index is 12.5. The Balaban J connectivity index is 1.76. The molecule has 0 saturated heterocycles. The van der Waals surface area contributed by atoms with Gasteiger partial charge in [-0.15, -0.1) is 0 Å². The number of hydrogen-bond donors (Lipinski definition) is 1. The minimum atomic E-state index is -0.169. The molecule has 0 aliphatic carbocycles. The second-order valence-electron chi connectivity index (χ2n) is 5.33. The Morgan fingerprint density at radius 3 is 2.83 bits per heavy atom. The van der Waals surface area contributed by atoms with Crippen molar-refractivity contribution in [1.82, 2.24) is 19.3 Å². The van der Waals surface area contributed by atoms with Gasteiger partial charge in [0.15, 0.2) is 0 Å². The second-order valence-corrected chi connectivity index (χ2v) is 5.33. The molecule has 0 aliphatic rings. The molecule has 7 nitrogen and oxygen atoms in total. The van der Waals surface area contributed by atoms with Crippen LogP contribution in [-0.4, -0.2) is 25.2 Å². The molecule has 0 unspecified atom stereocenters. The summed E-state index contributed by atoms with van der Waals surface area (Å²) in [5.41, 5.74) is 1.19. The van der Waals surface area contributed by atoms with E-state index in [4.69, 9.17) is 0 Å². The van der Waals surface area contributed by atoms with Crippen LogP contribution in [0.5, 0.6) is 0 Å². The van der Waals surface area contributed by atoms with Crippen molar-refractivity contribution in [2.45, 2.75) is 19.9 Å². The van der Waals surface area contributed by atoms with Crippen LogP contribution in [-0.2, 0) is 18.4 Å². The van der Waals surface area contributed by atoms with Crippen LogP contribution < -0.4 is 10.9 Å². The van der Waals surface area contributed by atoms with E-state index in [0.717, 1.165) is 0 Å². The van der Waals surface area contributed by atoms with Gasteiger partial charge in [0.2, 0.25) is 5.91 Å². The molecule has 3 aromatic rings. The standard InChI is InChI=1S/C16H17N5O2/c1-11-18-14-6-4-3-5-13(14)16(23)21(11)8-7-15(22)19-12-9-17-20(2)10-12/h3-6,9-10H,7-8H2,1-2H3,(H,19,22).